The second kappa shape index (κ2) is 4.65. The first kappa shape index (κ1) is 13.5. The van der Waals surface area contributed by atoms with Crippen molar-refractivity contribution in [3.05, 3.63) is 12.2 Å². The highest BCUT2D eigenvalue weighted by molar-refractivity contribution is 5.00. The lowest BCUT2D eigenvalue weighted by molar-refractivity contribution is -0.0137. The quantitative estimate of drug-likeness (QED) is 0.824. The smallest absolute Gasteiger partial charge is 0.147 e. The van der Waals surface area contributed by atoms with Gasteiger partial charge in [0.25, 0.3) is 0 Å². The number of hydrogen-bond donors (Lipinski definition) is 0. The molecule has 0 saturated heterocycles. The maximum atomic E-state index is 4.22. The molecule has 18 heavy (non-hydrogen) atoms. The van der Waals surface area contributed by atoms with Crippen LogP contribution >= 0.6 is 0 Å². The Labute approximate surface area is 110 Å². The molecule has 0 bridgehead atoms. The Bertz CT molecular complexity index is 406. The highest BCUT2D eigenvalue weighted by atomic mass is 15.3. The van der Waals surface area contributed by atoms with E-state index in [2.05, 4.69) is 54.3 Å². The van der Waals surface area contributed by atoms with Crippen molar-refractivity contribution in [1.82, 2.24) is 19.7 Å². The molecule has 102 valence electrons. The van der Waals surface area contributed by atoms with Gasteiger partial charge in [-0.15, -0.1) is 10.2 Å². The molecule has 0 N–H and O–H groups in total. The Kier molecular flexibility index (Phi) is 3.49. The zero-order valence-electron chi connectivity index (χ0n) is 12.4. The van der Waals surface area contributed by atoms with Gasteiger partial charge in [0, 0.05) is 18.6 Å². The summed E-state index contributed by atoms with van der Waals surface area (Å²) in [5, 5.41) is 8.22. The van der Waals surface area contributed by atoms with Crippen LogP contribution in [0, 0.1) is 5.41 Å². The molecular weight excluding hydrogens is 224 g/mol. The highest BCUT2D eigenvalue weighted by Gasteiger charge is 2.42. The van der Waals surface area contributed by atoms with Gasteiger partial charge >= 0.3 is 0 Å². The third-order valence-corrected chi connectivity index (χ3v) is 4.96. The molecule has 0 spiro atoms. The Morgan fingerprint density at radius 1 is 1.22 bits per heavy atom. The van der Waals surface area contributed by atoms with Crippen LogP contribution in [0.2, 0.25) is 0 Å². The van der Waals surface area contributed by atoms with Gasteiger partial charge in [-0.1, -0.05) is 27.2 Å². The van der Waals surface area contributed by atoms with Crippen molar-refractivity contribution in [2.75, 3.05) is 6.54 Å². The molecule has 1 aliphatic heterocycles. The van der Waals surface area contributed by atoms with E-state index in [1.807, 2.05) is 6.33 Å². The summed E-state index contributed by atoms with van der Waals surface area (Å²) in [7, 11) is 0. The van der Waals surface area contributed by atoms with Crippen LogP contribution in [0.15, 0.2) is 6.33 Å². The van der Waals surface area contributed by atoms with Gasteiger partial charge in [-0.05, 0) is 25.7 Å². The Morgan fingerprint density at radius 2 is 1.94 bits per heavy atom. The highest BCUT2D eigenvalue weighted by Crippen LogP contribution is 2.40. The molecule has 4 heteroatoms. The van der Waals surface area contributed by atoms with Crippen LogP contribution < -0.4 is 0 Å². The average molecular weight is 250 g/mol. The summed E-state index contributed by atoms with van der Waals surface area (Å²) in [6.45, 7) is 14.8. The van der Waals surface area contributed by atoms with Crippen LogP contribution in [0.1, 0.15) is 53.3 Å². The number of fused-ring (bicyclic) bond motifs is 1. The largest absolute Gasteiger partial charge is 0.315 e. The number of nitrogens with zero attached hydrogens (tertiary/aromatic N) is 4. The minimum atomic E-state index is 0.181. The van der Waals surface area contributed by atoms with Gasteiger partial charge in [0.15, 0.2) is 0 Å². The first-order valence-electron chi connectivity index (χ1n) is 7.00. The van der Waals surface area contributed by atoms with Crippen molar-refractivity contribution in [2.45, 2.75) is 66.1 Å². The zero-order valence-corrected chi connectivity index (χ0v) is 12.4. The fourth-order valence-corrected chi connectivity index (χ4v) is 2.90. The van der Waals surface area contributed by atoms with Crippen molar-refractivity contribution in [1.29, 1.82) is 0 Å². The minimum Gasteiger partial charge on any atom is -0.315 e. The summed E-state index contributed by atoms with van der Waals surface area (Å²) >= 11 is 0. The Balaban J connectivity index is 2.17. The van der Waals surface area contributed by atoms with Gasteiger partial charge in [0.05, 0.1) is 6.54 Å². The van der Waals surface area contributed by atoms with Crippen molar-refractivity contribution in [3.8, 4) is 0 Å². The summed E-state index contributed by atoms with van der Waals surface area (Å²) < 4.78 is 2.17. The third-order valence-electron chi connectivity index (χ3n) is 4.96. The second-order valence-electron chi connectivity index (χ2n) is 6.56. The Hall–Kier alpha value is -0.900. The Morgan fingerprint density at radius 3 is 2.61 bits per heavy atom. The van der Waals surface area contributed by atoms with Crippen LogP contribution in [-0.4, -0.2) is 31.7 Å². The van der Waals surface area contributed by atoms with Crippen LogP contribution in [0.4, 0.5) is 0 Å². The van der Waals surface area contributed by atoms with E-state index < -0.39 is 0 Å². The number of rotatable bonds is 4. The summed E-state index contributed by atoms with van der Waals surface area (Å²) in [6, 6.07) is 0. The predicted molar refractivity (Wildman–Crippen MR) is 73.2 cm³/mol. The number of aromatic nitrogens is 3. The number of hydrogen-bond acceptors (Lipinski definition) is 3. The van der Waals surface area contributed by atoms with Gasteiger partial charge in [-0.25, -0.2) is 0 Å². The molecule has 0 aromatic carbocycles. The van der Waals surface area contributed by atoms with E-state index in [1.165, 1.54) is 12.8 Å². The van der Waals surface area contributed by atoms with Gasteiger partial charge in [-0.3, -0.25) is 4.90 Å². The standard InChI is InChI=1S/C14H26N4/c1-6-7-13(2,3)14(4,5)18-9-8-17-11-15-16-12(17)10-18/h11H,6-10H2,1-5H3. The molecule has 0 saturated carbocycles. The minimum absolute atomic E-state index is 0.181. The molecule has 0 amide bonds. The molecular formula is C14H26N4. The van der Waals surface area contributed by atoms with Crippen molar-refractivity contribution in [3.63, 3.8) is 0 Å². The molecule has 0 fully saturated rings. The zero-order chi connectivity index (χ0) is 13.4. The van der Waals surface area contributed by atoms with Gasteiger partial charge in [0.2, 0.25) is 0 Å². The molecule has 0 atom stereocenters. The normalized spacial score (nSPS) is 17.8. The fraction of sp³-hybridized carbons (Fsp3) is 0.857. The molecule has 4 nitrogen and oxygen atoms in total. The molecule has 1 aliphatic rings. The van der Waals surface area contributed by atoms with Crippen LogP contribution in [0.25, 0.3) is 0 Å². The lowest BCUT2D eigenvalue weighted by Gasteiger charge is -2.50. The molecule has 1 aromatic rings. The van der Waals surface area contributed by atoms with Crippen molar-refractivity contribution < 1.29 is 0 Å². The fourth-order valence-electron chi connectivity index (χ4n) is 2.90. The van der Waals surface area contributed by atoms with E-state index >= 15 is 0 Å². The summed E-state index contributed by atoms with van der Waals surface area (Å²) in [5.74, 6) is 1.10. The SMILES string of the molecule is CCCC(C)(C)C(C)(C)N1CCn2cnnc2C1. The lowest BCUT2D eigenvalue weighted by atomic mass is 9.70. The third kappa shape index (κ3) is 2.18. The van der Waals surface area contributed by atoms with Crippen LogP contribution in [-0.2, 0) is 13.1 Å². The van der Waals surface area contributed by atoms with Gasteiger partial charge in [-0.2, -0.15) is 0 Å². The van der Waals surface area contributed by atoms with E-state index in [0.29, 0.717) is 5.41 Å². The van der Waals surface area contributed by atoms with Gasteiger partial charge < -0.3 is 4.57 Å². The first-order valence-corrected chi connectivity index (χ1v) is 7.00. The molecule has 1 aromatic heterocycles. The van der Waals surface area contributed by atoms with Gasteiger partial charge in [0.1, 0.15) is 12.2 Å². The summed E-state index contributed by atoms with van der Waals surface area (Å²) in [4.78, 5) is 2.56. The average Bonchev–Trinajstić information content (AvgIpc) is 2.75. The predicted octanol–water partition coefficient (Wildman–Crippen LogP) is 2.70. The lowest BCUT2D eigenvalue weighted by Crippen LogP contribution is -2.56. The maximum Gasteiger partial charge on any atom is 0.147 e. The topological polar surface area (TPSA) is 34.0 Å². The van der Waals surface area contributed by atoms with E-state index in [1.54, 1.807) is 0 Å². The van der Waals surface area contributed by atoms with E-state index in [-0.39, 0.29) is 5.54 Å². The molecule has 2 rings (SSSR count). The maximum absolute atomic E-state index is 4.22. The van der Waals surface area contributed by atoms with Crippen molar-refractivity contribution in [2.24, 2.45) is 5.41 Å². The molecule has 0 radical (unpaired) electrons. The van der Waals surface area contributed by atoms with E-state index in [9.17, 15) is 0 Å². The van der Waals surface area contributed by atoms with Crippen molar-refractivity contribution >= 4 is 0 Å². The molecule has 0 aliphatic carbocycles. The monoisotopic (exact) mass is 250 g/mol. The van der Waals surface area contributed by atoms with E-state index in [4.69, 9.17) is 0 Å². The molecule has 0 unspecified atom stereocenters. The second-order valence-corrected chi connectivity index (χ2v) is 6.56. The summed E-state index contributed by atoms with van der Waals surface area (Å²) in [6.07, 6.45) is 4.33. The van der Waals surface area contributed by atoms with Crippen LogP contribution in [0.3, 0.4) is 0 Å². The summed E-state index contributed by atoms with van der Waals surface area (Å²) in [5.41, 5.74) is 0.490. The van der Waals surface area contributed by atoms with Crippen LogP contribution in [0.5, 0.6) is 0 Å². The van der Waals surface area contributed by atoms with E-state index in [0.717, 1.165) is 25.5 Å². The molecule has 2 heterocycles. The first-order chi connectivity index (χ1) is 8.38.